The number of phenols is 1. The van der Waals surface area contributed by atoms with Crippen LogP contribution in [-0.2, 0) is 15.3 Å². The first-order valence-corrected chi connectivity index (χ1v) is 15.6. The largest absolute Gasteiger partial charge is 0.507 e. The van der Waals surface area contributed by atoms with Gasteiger partial charge in [-0.3, -0.25) is 14.5 Å². The van der Waals surface area contributed by atoms with Crippen molar-refractivity contribution in [1.82, 2.24) is 10.2 Å². The van der Waals surface area contributed by atoms with Gasteiger partial charge in [-0.1, -0.05) is 71.6 Å². The first kappa shape index (κ1) is 30.1. The van der Waals surface area contributed by atoms with Crippen molar-refractivity contribution in [2.24, 2.45) is 0 Å². The number of carbonyl (C=O) groups excluding carboxylic acids is 2. The summed E-state index contributed by atoms with van der Waals surface area (Å²) in [5.74, 6) is -2.74. The standard InChI is InChI=1S/C33H26FN3O6S2/c1-3-43-26-16-19(11-13-24(26)38)28-27(29(39)20-12-14-25(42-2)23(34)15-20)30(40)31(41)37(28)32-35-36-33(45-32)44-17-21-9-6-8-18-7-4-5-10-22(18)21/h4-16,28,38-39H,3,17H2,1-2H3/b29-27-. The lowest BCUT2D eigenvalue weighted by Crippen LogP contribution is -2.29. The quantitative estimate of drug-likeness (QED) is 0.0583. The van der Waals surface area contributed by atoms with Gasteiger partial charge in [-0.25, -0.2) is 4.39 Å². The fraction of sp³-hybridized carbons (Fsp3) is 0.152. The third-order valence-corrected chi connectivity index (χ3v) is 9.41. The van der Waals surface area contributed by atoms with Crippen molar-refractivity contribution in [2.75, 3.05) is 18.6 Å². The number of hydrogen-bond acceptors (Lipinski definition) is 10. The van der Waals surface area contributed by atoms with Gasteiger partial charge < -0.3 is 19.7 Å². The van der Waals surface area contributed by atoms with Gasteiger partial charge in [0.25, 0.3) is 5.78 Å². The lowest BCUT2D eigenvalue weighted by atomic mass is 9.95. The summed E-state index contributed by atoms with van der Waals surface area (Å²) in [5.41, 5.74) is 1.15. The van der Waals surface area contributed by atoms with Crippen molar-refractivity contribution in [3.05, 3.63) is 107 Å². The summed E-state index contributed by atoms with van der Waals surface area (Å²) in [7, 11) is 1.31. The highest BCUT2D eigenvalue weighted by Gasteiger charge is 2.48. The third-order valence-electron chi connectivity index (χ3n) is 7.30. The average Bonchev–Trinajstić information content (AvgIpc) is 3.62. The maximum atomic E-state index is 14.6. The molecule has 0 radical (unpaired) electrons. The monoisotopic (exact) mass is 643 g/mol. The van der Waals surface area contributed by atoms with Gasteiger partial charge in [0.05, 0.1) is 25.3 Å². The summed E-state index contributed by atoms with van der Waals surface area (Å²) in [6.45, 7) is 1.99. The molecule has 228 valence electrons. The van der Waals surface area contributed by atoms with Crippen molar-refractivity contribution >= 4 is 56.5 Å². The van der Waals surface area contributed by atoms with Crippen LogP contribution in [0.3, 0.4) is 0 Å². The zero-order valence-electron chi connectivity index (χ0n) is 24.1. The van der Waals surface area contributed by atoms with Crippen molar-refractivity contribution in [1.29, 1.82) is 0 Å². The Kier molecular flexibility index (Phi) is 8.42. The Labute approximate surface area is 265 Å². The van der Waals surface area contributed by atoms with E-state index < -0.39 is 29.3 Å². The number of ether oxygens (including phenoxy) is 2. The number of ketones is 1. The Hall–Kier alpha value is -4.94. The molecule has 2 heterocycles. The molecule has 0 saturated carbocycles. The van der Waals surface area contributed by atoms with E-state index in [0.717, 1.165) is 38.6 Å². The number of amides is 1. The molecule has 1 aliphatic rings. The summed E-state index contributed by atoms with van der Waals surface area (Å²) >= 11 is 2.57. The molecule has 1 amide bonds. The molecule has 45 heavy (non-hydrogen) atoms. The molecule has 1 atom stereocenters. The number of thioether (sulfide) groups is 1. The molecule has 5 aromatic rings. The van der Waals surface area contributed by atoms with Gasteiger partial charge in [-0.05, 0) is 59.2 Å². The number of fused-ring (bicyclic) bond motifs is 1. The number of carbonyl (C=O) groups is 2. The minimum Gasteiger partial charge on any atom is -0.507 e. The molecule has 0 spiro atoms. The van der Waals surface area contributed by atoms with Crippen LogP contribution in [0, 0.1) is 5.82 Å². The first-order valence-electron chi connectivity index (χ1n) is 13.8. The number of rotatable bonds is 9. The normalized spacial score (nSPS) is 16.0. The van der Waals surface area contributed by atoms with E-state index in [1.807, 2.05) is 36.4 Å². The molecule has 9 nitrogen and oxygen atoms in total. The van der Waals surface area contributed by atoms with Crippen molar-refractivity contribution in [3.63, 3.8) is 0 Å². The Bertz CT molecular complexity index is 1970. The predicted molar refractivity (Wildman–Crippen MR) is 170 cm³/mol. The van der Waals surface area contributed by atoms with Crippen LogP contribution in [0.5, 0.6) is 17.2 Å². The molecular weight excluding hydrogens is 618 g/mol. The van der Waals surface area contributed by atoms with Crippen LogP contribution in [-0.4, -0.2) is 45.8 Å². The van der Waals surface area contributed by atoms with Gasteiger partial charge in [0, 0.05) is 11.3 Å². The van der Waals surface area contributed by atoms with Crippen molar-refractivity contribution in [3.8, 4) is 17.2 Å². The van der Waals surface area contributed by atoms with Crippen LogP contribution >= 0.6 is 23.1 Å². The molecule has 1 saturated heterocycles. The fourth-order valence-electron chi connectivity index (χ4n) is 5.20. The number of aromatic nitrogens is 2. The molecular formula is C33H26FN3O6S2. The van der Waals surface area contributed by atoms with E-state index in [-0.39, 0.29) is 40.1 Å². The maximum Gasteiger partial charge on any atom is 0.301 e. The van der Waals surface area contributed by atoms with Gasteiger partial charge in [0.2, 0.25) is 5.13 Å². The number of hydrogen-bond donors (Lipinski definition) is 2. The number of halogens is 1. The molecule has 1 aromatic heterocycles. The van der Waals surface area contributed by atoms with Crippen LogP contribution in [0.1, 0.15) is 29.7 Å². The first-order chi connectivity index (χ1) is 21.8. The molecule has 6 rings (SSSR count). The predicted octanol–water partition coefficient (Wildman–Crippen LogP) is 6.86. The number of nitrogens with zero attached hydrogens (tertiary/aromatic N) is 3. The Morgan fingerprint density at radius 2 is 1.82 bits per heavy atom. The topological polar surface area (TPSA) is 122 Å². The summed E-state index contributed by atoms with van der Waals surface area (Å²) in [5, 5.41) is 32.6. The van der Waals surface area contributed by atoms with Gasteiger partial charge in [0.1, 0.15) is 5.76 Å². The number of aliphatic hydroxyl groups is 1. The molecule has 2 N–H and O–H groups in total. The number of aromatic hydroxyl groups is 1. The molecule has 12 heteroatoms. The average molecular weight is 644 g/mol. The Morgan fingerprint density at radius 3 is 2.60 bits per heavy atom. The van der Waals surface area contributed by atoms with Gasteiger partial charge >= 0.3 is 5.91 Å². The summed E-state index contributed by atoms with van der Waals surface area (Å²) in [4.78, 5) is 28.3. The number of Topliss-reactive ketones (excluding diaryl/α,β-unsaturated/α-hetero) is 1. The molecule has 1 fully saturated rings. The lowest BCUT2D eigenvalue weighted by molar-refractivity contribution is -0.132. The van der Waals surface area contributed by atoms with Crippen LogP contribution < -0.4 is 14.4 Å². The van der Waals surface area contributed by atoms with E-state index in [0.29, 0.717) is 15.7 Å². The zero-order valence-corrected chi connectivity index (χ0v) is 25.7. The van der Waals surface area contributed by atoms with Crippen LogP contribution in [0.25, 0.3) is 16.5 Å². The van der Waals surface area contributed by atoms with Crippen LogP contribution in [0.4, 0.5) is 9.52 Å². The molecule has 1 aliphatic heterocycles. The summed E-state index contributed by atoms with van der Waals surface area (Å²) < 4.78 is 25.7. The number of phenolic OH excluding ortho intramolecular Hbond substituents is 1. The van der Waals surface area contributed by atoms with Crippen molar-refractivity contribution in [2.45, 2.75) is 23.1 Å². The number of anilines is 1. The Morgan fingerprint density at radius 1 is 1.02 bits per heavy atom. The second kappa shape index (κ2) is 12.6. The summed E-state index contributed by atoms with van der Waals surface area (Å²) in [6.07, 6.45) is 0. The highest BCUT2D eigenvalue weighted by molar-refractivity contribution is 8.00. The second-order valence-corrected chi connectivity index (χ2v) is 12.1. The highest BCUT2D eigenvalue weighted by atomic mass is 32.2. The van der Waals surface area contributed by atoms with E-state index in [1.54, 1.807) is 6.92 Å². The van der Waals surface area contributed by atoms with E-state index in [2.05, 4.69) is 16.3 Å². The number of benzene rings is 4. The minimum atomic E-state index is -1.18. The van der Waals surface area contributed by atoms with E-state index in [9.17, 15) is 24.2 Å². The van der Waals surface area contributed by atoms with E-state index in [1.165, 1.54) is 49.2 Å². The summed E-state index contributed by atoms with van der Waals surface area (Å²) in [6, 6.07) is 21.1. The lowest BCUT2D eigenvalue weighted by Gasteiger charge is -2.23. The number of aliphatic hydroxyl groups excluding tert-OH is 1. The molecule has 0 bridgehead atoms. The van der Waals surface area contributed by atoms with E-state index >= 15 is 0 Å². The molecule has 0 aliphatic carbocycles. The minimum absolute atomic E-state index is 0.0243. The number of methoxy groups -OCH3 is 1. The van der Waals surface area contributed by atoms with Crippen LogP contribution in [0.15, 0.2) is 88.8 Å². The Balaban J connectivity index is 1.40. The molecule has 4 aromatic carbocycles. The van der Waals surface area contributed by atoms with Crippen LogP contribution in [0.2, 0.25) is 0 Å². The highest BCUT2D eigenvalue weighted by Crippen LogP contribution is 2.46. The second-order valence-electron chi connectivity index (χ2n) is 9.96. The zero-order chi connectivity index (χ0) is 31.7. The van der Waals surface area contributed by atoms with Gasteiger partial charge in [0.15, 0.2) is 27.4 Å². The third kappa shape index (κ3) is 5.69. The SMILES string of the molecule is CCOc1cc(C2/C(=C(/O)c3ccc(OC)c(F)c3)C(=O)C(=O)N2c2nnc(SCc3cccc4ccccc34)s2)ccc1O. The smallest absolute Gasteiger partial charge is 0.301 e. The van der Waals surface area contributed by atoms with E-state index in [4.69, 9.17) is 9.47 Å². The van der Waals surface area contributed by atoms with Crippen molar-refractivity contribution < 1.29 is 33.7 Å². The van der Waals surface area contributed by atoms with Gasteiger partial charge in [-0.2, -0.15) is 0 Å². The fourth-order valence-corrected chi connectivity index (χ4v) is 7.07. The van der Waals surface area contributed by atoms with Gasteiger partial charge in [-0.15, -0.1) is 10.2 Å². The molecule has 1 unspecified atom stereocenters. The maximum absolute atomic E-state index is 14.6.